The molecule has 1 rings (SSSR count). The van der Waals surface area contributed by atoms with Gasteiger partial charge in [-0.15, -0.1) is 0 Å². The predicted octanol–water partition coefficient (Wildman–Crippen LogP) is 1.75. The Balaban J connectivity index is 2.03. The van der Waals surface area contributed by atoms with E-state index in [1.165, 1.54) is 38.9 Å². The van der Waals surface area contributed by atoms with Gasteiger partial charge in [-0.2, -0.15) is 0 Å². The highest BCUT2D eigenvalue weighted by molar-refractivity contribution is 4.68. The molecule has 0 spiro atoms. The molecule has 0 radical (unpaired) electrons. The summed E-state index contributed by atoms with van der Waals surface area (Å²) >= 11 is 0. The zero-order chi connectivity index (χ0) is 8.81. The first-order valence-electron chi connectivity index (χ1n) is 5.04. The topological polar surface area (TPSA) is 12.5 Å². The molecule has 0 amide bonds. The number of ether oxygens (including phenoxy) is 1. The van der Waals surface area contributed by atoms with Crippen molar-refractivity contribution in [3.63, 3.8) is 0 Å². The molecule has 0 N–H and O–H groups in total. The van der Waals surface area contributed by atoms with Crippen molar-refractivity contribution < 1.29 is 4.74 Å². The number of hydrogen-bond acceptors (Lipinski definition) is 2. The molecule has 1 heterocycles. The molecular weight excluding hydrogens is 150 g/mol. The molecule has 1 fully saturated rings. The lowest BCUT2D eigenvalue weighted by Gasteiger charge is -2.19. The van der Waals surface area contributed by atoms with Gasteiger partial charge in [0.1, 0.15) is 0 Å². The van der Waals surface area contributed by atoms with E-state index < -0.39 is 0 Å². The lowest BCUT2D eigenvalue weighted by Crippen LogP contribution is -2.25. The van der Waals surface area contributed by atoms with Crippen LogP contribution < -0.4 is 0 Å². The first-order chi connectivity index (χ1) is 5.83. The van der Waals surface area contributed by atoms with E-state index in [0.717, 1.165) is 12.5 Å². The summed E-state index contributed by atoms with van der Waals surface area (Å²) in [6.45, 7) is 7.13. The fourth-order valence-electron chi connectivity index (χ4n) is 1.82. The number of nitrogens with zero attached hydrogens (tertiary/aromatic N) is 1. The number of hydrogen-bond donors (Lipinski definition) is 0. The van der Waals surface area contributed by atoms with Gasteiger partial charge in [-0.25, -0.2) is 0 Å². The van der Waals surface area contributed by atoms with Crippen molar-refractivity contribution in [1.29, 1.82) is 0 Å². The Morgan fingerprint density at radius 2 is 2.00 bits per heavy atom. The van der Waals surface area contributed by atoms with Crippen LogP contribution in [0.5, 0.6) is 0 Å². The highest BCUT2D eigenvalue weighted by Crippen LogP contribution is 2.11. The summed E-state index contributed by atoms with van der Waals surface area (Å²) in [4.78, 5) is 2.57. The third-order valence-corrected chi connectivity index (χ3v) is 2.58. The molecule has 1 unspecified atom stereocenters. The Morgan fingerprint density at radius 3 is 2.58 bits per heavy atom. The molecule has 0 aromatic carbocycles. The second-order valence-corrected chi connectivity index (χ2v) is 3.89. The van der Waals surface area contributed by atoms with E-state index in [4.69, 9.17) is 4.74 Å². The summed E-state index contributed by atoms with van der Waals surface area (Å²) in [6, 6.07) is 0. The average molecular weight is 171 g/mol. The highest BCUT2D eigenvalue weighted by atomic mass is 16.5. The zero-order valence-corrected chi connectivity index (χ0v) is 8.38. The molecule has 72 valence electrons. The molecule has 12 heavy (non-hydrogen) atoms. The van der Waals surface area contributed by atoms with Gasteiger partial charge in [-0.1, -0.05) is 6.92 Å². The van der Waals surface area contributed by atoms with Gasteiger partial charge >= 0.3 is 0 Å². The first kappa shape index (κ1) is 10.0. The van der Waals surface area contributed by atoms with Gasteiger partial charge in [0, 0.05) is 20.3 Å². The van der Waals surface area contributed by atoms with Gasteiger partial charge in [0.15, 0.2) is 0 Å². The molecule has 1 saturated heterocycles. The van der Waals surface area contributed by atoms with E-state index in [1.54, 1.807) is 7.11 Å². The Labute approximate surface area is 75.9 Å². The maximum Gasteiger partial charge on any atom is 0.0465 e. The molecule has 2 nitrogen and oxygen atoms in total. The van der Waals surface area contributed by atoms with Crippen molar-refractivity contribution in [2.75, 3.05) is 33.4 Å². The quantitative estimate of drug-likeness (QED) is 0.625. The Bertz CT molecular complexity index is 110. The van der Waals surface area contributed by atoms with E-state index in [9.17, 15) is 0 Å². The lowest BCUT2D eigenvalue weighted by atomic mass is 10.1. The van der Waals surface area contributed by atoms with Crippen LogP contribution >= 0.6 is 0 Å². The molecule has 0 aliphatic carbocycles. The molecule has 0 bridgehead atoms. The monoisotopic (exact) mass is 171 g/mol. The second kappa shape index (κ2) is 5.55. The predicted molar refractivity (Wildman–Crippen MR) is 51.3 cm³/mol. The number of methoxy groups -OCH3 is 1. The molecule has 0 aromatic rings. The van der Waals surface area contributed by atoms with Crippen LogP contribution in [0.3, 0.4) is 0 Å². The minimum absolute atomic E-state index is 0.794. The van der Waals surface area contributed by atoms with Gasteiger partial charge in [0.2, 0.25) is 0 Å². The first-order valence-corrected chi connectivity index (χ1v) is 5.04. The third kappa shape index (κ3) is 3.55. The summed E-state index contributed by atoms with van der Waals surface area (Å²) < 4.78 is 5.06. The smallest absolute Gasteiger partial charge is 0.0465 e. The SMILES string of the molecule is COCCC(C)CN1CCCC1. The normalized spacial score (nSPS) is 21.5. The molecule has 0 aromatic heterocycles. The van der Waals surface area contributed by atoms with Crippen LogP contribution in [0.1, 0.15) is 26.2 Å². The van der Waals surface area contributed by atoms with Gasteiger partial charge in [-0.3, -0.25) is 0 Å². The van der Waals surface area contributed by atoms with Crippen molar-refractivity contribution >= 4 is 0 Å². The summed E-state index contributed by atoms with van der Waals surface area (Å²) in [7, 11) is 1.78. The van der Waals surface area contributed by atoms with E-state index in [0.29, 0.717) is 0 Å². The number of likely N-dealkylation sites (tertiary alicyclic amines) is 1. The molecule has 1 aliphatic rings. The van der Waals surface area contributed by atoms with Crippen molar-refractivity contribution in [3.8, 4) is 0 Å². The summed E-state index contributed by atoms with van der Waals surface area (Å²) in [6.07, 6.45) is 4.00. The van der Waals surface area contributed by atoms with Crippen LogP contribution in [0.25, 0.3) is 0 Å². The highest BCUT2D eigenvalue weighted by Gasteiger charge is 2.13. The standard InChI is InChI=1S/C10H21NO/c1-10(5-8-12-2)9-11-6-3-4-7-11/h10H,3-9H2,1-2H3. The van der Waals surface area contributed by atoms with Crippen molar-refractivity contribution in [2.45, 2.75) is 26.2 Å². The van der Waals surface area contributed by atoms with Crippen molar-refractivity contribution in [2.24, 2.45) is 5.92 Å². The summed E-state index contributed by atoms with van der Waals surface area (Å²) in [5.41, 5.74) is 0. The molecule has 1 aliphatic heterocycles. The van der Waals surface area contributed by atoms with Crippen LogP contribution in [-0.4, -0.2) is 38.3 Å². The zero-order valence-electron chi connectivity index (χ0n) is 8.38. The van der Waals surface area contributed by atoms with E-state index in [1.807, 2.05) is 0 Å². The van der Waals surface area contributed by atoms with E-state index in [2.05, 4.69) is 11.8 Å². The van der Waals surface area contributed by atoms with Gasteiger partial charge in [0.05, 0.1) is 0 Å². The van der Waals surface area contributed by atoms with Crippen LogP contribution in [0.15, 0.2) is 0 Å². The fraction of sp³-hybridized carbons (Fsp3) is 1.00. The van der Waals surface area contributed by atoms with Crippen LogP contribution in [0, 0.1) is 5.92 Å². The molecular formula is C10H21NO. The summed E-state index contributed by atoms with van der Waals surface area (Å²) in [5.74, 6) is 0.794. The van der Waals surface area contributed by atoms with Crippen molar-refractivity contribution in [3.05, 3.63) is 0 Å². The Morgan fingerprint density at radius 1 is 1.33 bits per heavy atom. The Kier molecular flexibility index (Phi) is 4.62. The number of rotatable bonds is 5. The van der Waals surface area contributed by atoms with Crippen LogP contribution in [0.4, 0.5) is 0 Å². The summed E-state index contributed by atoms with van der Waals surface area (Å²) in [5, 5.41) is 0. The van der Waals surface area contributed by atoms with Crippen LogP contribution in [0.2, 0.25) is 0 Å². The van der Waals surface area contributed by atoms with Gasteiger partial charge < -0.3 is 9.64 Å². The lowest BCUT2D eigenvalue weighted by molar-refractivity contribution is 0.167. The second-order valence-electron chi connectivity index (χ2n) is 3.89. The Hall–Kier alpha value is -0.0800. The minimum Gasteiger partial charge on any atom is -0.385 e. The van der Waals surface area contributed by atoms with E-state index >= 15 is 0 Å². The average Bonchev–Trinajstić information content (AvgIpc) is 2.53. The third-order valence-electron chi connectivity index (χ3n) is 2.58. The van der Waals surface area contributed by atoms with Gasteiger partial charge in [0.25, 0.3) is 0 Å². The van der Waals surface area contributed by atoms with Crippen molar-refractivity contribution in [1.82, 2.24) is 4.90 Å². The molecule has 2 heteroatoms. The largest absolute Gasteiger partial charge is 0.385 e. The van der Waals surface area contributed by atoms with Crippen LogP contribution in [-0.2, 0) is 4.74 Å². The molecule has 1 atom stereocenters. The maximum atomic E-state index is 5.06. The fourth-order valence-corrected chi connectivity index (χ4v) is 1.82. The minimum atomic E-state index is 0.794. The molecule has 0 saturated carbocycles. The maximum absolute atomic E-state index is 5.06. The van der Waals surface area contributed by atoms with Gasteiger partial charge in [-0.05, 0) is 38.3 Å². The van der Waals surface area contributed by atoms with E-state index in [-0.39, 0.29) is 0 Å².